The van der Waals surface area contributed by atoms with Gasteiger partial charge in [-0.15, -0.1) is 0 Å². The summed E-state index contributed by atoms with van der Waals surface area (Å²) in [6.45, 7) is 7.84. The van der Waals surface area contributed by atoms with Crippen LogP contribution in [0.3, 0.4) is 0 Å². The van der Waals surface area contributed by atoms with E-state index in [1.807, 2.05) is 52.0 Å². The van der Waals surface area contributed by atoms with Crippen LogP contribution in [0.2, 0.25) is 0 Å². The fourth-order valence-corrected chi connectivity index (χ4v) is 2.39. The fourth-order valence-electron chi connectivity index (χ4n) is 2.39. The van der Waals surface area contributed by atoms with Crippen LogP contribution in [0.5, 0.6) is 5.75 Å². The Bertz CT molecular complexity index is 914. The molecule has 0 unspecified atom stereocenters. The maximum Gasteiger partial charge on any atom is 0.262 e. The van der Waals surface area contributed by atoms with E-state index in [2.05, 4.69) is 20.4 Å². The number of amides is 1. The summed E-state index contributed by atoms with van der Waals surface area (Å²) in [4.78, 5) is 20.6. The summed E-state index contributed by atoms with van der Waals surface area (Å²) in [7, 11) is 0. The lowest BCUT2D eigenvalue weighted by Crippen LogP contribution is -2.20. The zero-order valence-corrected chi connectivity index (χ0v) is 15.3. The molecule has 3 aromatic rings. The van der Waals surface area contributed by atoms with Gasteiger partial charge in [0.15, 0.2) is 6.61 Å². The normalized spacial score (nSPS) is 10.6. The van der Waals surface area contributed by atoms with E-state index in [4.69, 9.17) is 4.74 Å². The number of carbonyl (C=O) groups is 1. The Morgan fingerprint density at radius 2 is 1.73 bits per heavy atom. The minimum Gasteiger partial charge on any atom is -0.484 e. The Morgan fingerprint density at radius 3 is 2.31 bits per heavy atom. The molecule has 0 saturated carbocycles. The second kappa shape index (κ2) is 7.35. The third-order valence-electron chi connectivity index (χ3n) is 4.16. The summed E-state index contributed by atoms with van der Waals surface area (Å²) in [5.41, 5.74) is 4.68. The molecule has 1 N–H and O–H groups in total. The smallest absolute Gasteiger partial charge is 0.262 e. The van der Waals surface area contributed by atoms with E-state index in [0.29, 0.717) is 17.4 Å². The molecule has 0 aliphatic carbocycles. The second-order valence-electron chi connectivity index (χ2n) is 6.13. The fraction of sp³-hybridized carbons (Fsp3) is 0.263. The van der Waals surface area contributed by atoms with Gasteiger partial charge >= 0.3 is 0 Å². The molecule has 0 fully saturated rings. The maximum atomic E-state index is 12.0. The molecule has 0 aliphatic heterocycles. The Morgan fingerprint density at radius 1 is 1.08 bits per heavy atom. The maximum absolute atomic E-state index is 12.0. The quantitative estimate of drug-likeness (QED) is 0.764. The van der Waals surface area contributed by atoms with Gasteiger partial charge in [0.1, 0.15) is 5.75 Å². The first-order valence-electron chi connectivity index (χ1n) is 8.28. The molecule has 2 heterocycles. The molecule has 7 nitrogen and oxygen atoms in total. The summed E-state index contributed by atoms with van der Waals surface area (Å²) in [6.07, 6.45) is 3.11. The Balaban J connectivity index is 1.60. The van der Waals surface area contributed by atoms with Crippen molar-refractivity contribution in [1.29, 1.82) is 0 Å². The molecule has 2 aromatic heterocycles. The Hall–Kier alpha value is -3.22. The molecule has 0 saturated heterocycles. The van der Waals surface area contributed by atoms with Crippen LogP contribution in [0.25, 0.3) is 5.95 Å². The van der Waals surface area contributed by atoms with Crippen molar-refractivity contribution in [3.05, 3.63) is 59.2 Å². The van der Waals surface area contributed by atoms with Crippen molar-refractivity contribution in [2.45, 2.75) is 27.7 Å². The number of anilines is 1. The van der Waals surface area contributed by atoms with E-state index in [0.717, 1.165) is 22.5 Å². The lowest BCUT2D eigenvalue weighted by atomic mass is 10.2. The highest BCUT2D eigenvalue weighted by Gasteiger charge is 2.11. The molecule has 134 valence electrons. The lowest BCUT2D eigenvalue weighted by molar-refractivity contribution is -0.118. The first kappa shape index (κ1) is 17.6. The van der Waals surface area contributed by atoms with Crippen molar-refractivity contribution >= 4 is 11.6 Å². The zero-order valence-electron chi connectivity index (χ0n) is 15.3. The minimum absolute atomic E-state index is 0.0819. The molecule has 7 heteroatoms. The van der Waals surface area contributed by atoms with Crippen molar-refractivity contribution in [2.24, 2.45) is 0 Å². The average molecular weight is 351 g/mol. The topological polar surface area (TPSA) is 81.9 Å². The van der Waals surface area contributed by atoms with Gasteiger partial charge in [-0.25, -0.2) is 14.6 Å². The van der Waals surface area contributed by atoms with Gasteiger partial charge in [0.2, 0.25) is 0 Å². The predicted molar refractivity (Wildman–Crippen MR) is 98.7 cm³/mol. The SMILES string of the molecule is Cc1ccc(OCC(=O)Nc2cnc(-n3nc(C)c(C)c3C)nc2)cc1. The van der Waals surface area contributed by atoms with Gasteiger partial charge < -0.3 is 10.1 Å². The number of rotatable bonds is 5. The predicted octanol–water partition coefficient (Wildman–Crippen LogP) is 2.91. The molecule has 26 heavy (non-hydrogen) atoms. The van der Waals surface area contributed by atoms with Crippen LogP contribution >= 0.6 is 0 Å². The van der Waals surface area contributed by atoms with E-state index in [1.54, 1.807) is 17.1 Å². The number of hydrogen-bond acceptors (Lipinski definition) is 5. The number of aromatic nitrogens is 4. The van der Waals surface area contributed by atoms with E-state index in [1.165, 1.54) is 0 Å². The van der Waals surface area contributed by atoms with Gasteiger partial charge in [-0.2, -0.15) is 5.10 Å². The minimum atomic E-state index is -0.274. The van der Waals surface area contributed by atoms with Crippen LogP contribution < -0.4 is 10.1 Å². The average Bonchev–Trinajstić information content (AvgIpc) is 2.89. The highest BCUT2D eigenvalue weighted by molar-refractivity contribution is 5.91. The largest absolute Gasteiger partial charge is 0.484 e. The van der Waals surface area contributed by atoms with Crippen molar-refractivity contribution in [3.63, 3.8) is 0 Å². The number of nitrogens with zero attached hydrogens (tertiary/aromatic N) is 4. The van der Waals surface area contributed by atoms with Crippen LogP contribution in [0.15, 0.2) is 36.7 Å². The third kappa shape index (κ3) is 3.88. The first-order chi connectivity index (χ1) is 12.4. The standard InChI is InChI=1S/C19H21N5O2/c1-12-5-7-17(8-6-12)26-11-18(25)22-16-9-20-19(21-10-16)24-15(4)13(2)14(3)23-24/h5-10H,11H2,1-4H3,(H,22,25). The summed E-state index contributed by atoms with van der Waals surface area (Å²) in [5, 5.41) is 7.14. The van der Waals surface area contributed by atoms with Gasteiger partial charge in [0, 0.05) is 5.69 Å². The highest BCUT2D eigenvalue weighted by Crippen LogP contribution is 2.15. The van der Waals surface area contributed by atoms with Crippen molar-refractivity contribution in [2.75, 3.05) is 11.9 Å². The van der Waals surface area contributed by atoms with E-state index >= 15 is 0 Å². The molecular formula is C19H21N5O2. The van der Waals surface area contributed by atoms with Crippen LogP contribution in [0, 0.1) is 27.7 Å². The molecule has 0 radical (unpaired) electrons. The van der Waals surface area contributed by atoms with Gasteiger partial charge in [-0.1, -0.05) is 17.7 Å². The monoisotopic (exact) mass is 351 g/mol. The van der Waals surface area contributed by atoms with Gasteiger partial charge in [-0.05, 0) is 45.4 Å². The summed E-state index contributed by atoms with van der Waals surface area (Å²) in [6, 6.07) is 7.52. The summed E-state index contributed by atoms with van der Waals surface area (Å²) >= 11 is 0. The summed E-state index contributed by atoms with van der Waals surface area (Å²) < 4.78 is 7.14. The lowest BCUT2D eigenvalue weighted by Gasteiger charge is -2.08. The number of benzene rings is 1. The first-order valence-corrected chi connectivity index (χ1v) is 8.28. The molecule has 1 aromatic carbocycles. The van der Waals surface area contributed by atoms with Crippen LogP contribution in [0.4, 0.5) is 5.69 Å². The van der Waals surface area contributed by atoms with Crippen molar-refractivity contribution in [1.82, 2.24) is 19.7 Å². The number of carbonyl (C=O) groups excluding carboxylic acids is 1. The van der Waals surface area contributed by atoms with E-state index in [-0.39, 0.29) is 12.5 Å². The molecule has 1 amide bonds. The van der Waals surface area contributed by atoms with E-state index < -0.39 is 0 Å². The number of aryl methyl sites for hydroxylation is 2. The molecule has 0 spiro atoms. The summed E-state index contributed by atoms with van der Waals surface area (Å²) in [5.74, 6) is 0.841. The molecule has 0 aliphatic rings. The number of hydrogen-bond donors (Lipinski definition) is 1. The molecular weight excluding hydrogens is 330 g/mol. The zero-order chi connectivity index (χ0) is 18.7. The number of ether oxygens (including phenoxy) is 1. The van der Waals surface area contributed by atoms with Crippen molar-refractivity contribution in [3.8, 4) is 11.7 Å². The highest BCUT2D eigenvalue weighted by atomic mass is 16.5. The van der Waals surface area contributed by atoms with Crippen LogP contribution in [-0.4, -0.2) is 32.3 Å². The third-order valence-corrected chi connectivity index (χ3v) is 4.16. The Kier molecular flexibility index (Phi) is 4.97. The van der Waals surface area contributed by atoms with Gasteiger partial charge in [0.25, 0.3) is 11.9 Å². The van der Waals surface area contributed by atoms with Crippen molar-refractivity contribution < 1.29 is 9.53 Å². The Labute approximate surface area is 152 Å². The van der Waals surface area contributed by atoms with E-state index in [9.17, 15) is 4.79 Å². The van der Waals surface area contributed by atoms with Gasteiger partial charge in [-0.3, -0.25) is 4.79 Å². The second-order valence-corrected chi connectivity index (χ2v) is 6.13. The molecule has 0 atom stereocenters. The molecule has 0 bridgehead atoms. The van der Waals surface area contributed by atoms with Gasteiger partial charge in [0.05, 0.1) is 23.8 Å². The number of nitrogens with one attached hydrogen (secondary N) is 1. The van der Waals surface area contributed by atoms with Crippen LogP contribution in [-0.2, 0) is 4.79 Å². The van der Waals surface area contributed by atoms with Crippen LogP contribution in [0.1, 0.15) is 22.5 Å². The molecule has 3 rings (SSSR count).